The van der Waals surface area contributed by atoms with Crippen LogP contribution in [-0.4, -0.2) is 33.2 Å². The molecule has 0 aromatic heterocycles. The smallest absolute Gasteiger partial charge is 0.273 e. The van der Waals surface area contributed by atoms with Crippen molar-refractivity contribution in [1.29, 1.82) is 0 Å². The zero-order valence-corrected chi connectivity index (χ0v) is 15.6. The summed E-state index contributed by atoms with van der Waals surface area (Å²) < 4.78 is 5.59. The highest BCUT2D eigenvalue weighted by molar-refractivity contribution is 8.26. The van der Waals surface area contributed by atoms with Crippen molar-refractivity contribution in [3.63, 3.8) is 0 Å². The summed E-state index contributed by atoms with van der Waals surface area (Å²) in [6, 6.07) is 2.23. The van der Waals surface area contributed by atoms with Gasteiger partial charge in [0, 0.05) is 12.6 Å². The fraction of sp³-hybridized carbons (Fsp3) is 0.375. The second kappa shape index (κ2) is 7.83. The number of carbonyl (C=O) groups excluding carboxylic acids is 1. The van der Waals surface area contributed by atoms with E-state index in [9.17, 15) is 20.0 Å². The summed E-state index contributed by atoms with van der Waals surface area (Å²) in [4.78, 5) is 24.7. The van der Waals surface area contributed by atoms with Gasteiger partial charge in [0.15, 0.2) is 0 Å². The lowest BCUT2D eigenvalue weighted by atomic mass is 10.1. The fourth-order valence-electron chi connectivity index (χ4n) is 2.25. The Morgan fingerprint density at radius 3 is 2.68 bits per heavy atom. The number of hydrogen-bond donors (Lipinski definition) is 0. The number of thioether (sulfide) groups is 1. The Balaban J connectivity index is 2.45. The van der Waals surface area contributed by atoms with Crippen LogP contribution in [0.3, 0.4) is 0 Å². The van der Waals surface area contributed by atoms with Crippen LogP contribution < -0.4 is 9.84 Å². The largest absolute Gasteiger partial charge is 0.870 e. The number of nitrogens with zero attached hydrogens (tertiary/aromatic N) is 2. The van der Waals surface area contributed by atoms with Crippen LogP contribution in [0.5, 0.6) is 11.5 Å². The molecule has 2 rings (SSSR count). The Hall–Kier alpha value is -2.13. The second-order valence-electron chi connectivity index (χ2n) is 5.74. The van der Waals surface area contributed by atoms with Crippen molar-refractivity contribution in [3.8, 4) is 11.5 Å². The minimum Gasteiger partial charge on any atom is -0.870 e. The number of amides is 1. The lowest BCUT2D eigenvalue weighted by molar-refractivity contribution is -0.385. The van der Waals surface area contributed by atoms with Crippen molar-refractivity contribution in [2.75, 3.05) is 13.2 Å². The third-order valence-corrected chi connectivity index (χ3v) is 4.66. The monoisotopic (exact) mass is 381 g/mol. The van der Waals surface area contributed by atoms with Crippen LogP contribution >= 0.6 is 24.0 Å². The molecule has 0 aliphatic carbocycles. The first-order valence-corrected chi connectivity index (χ1v) is 8.84. The molecule has 0 bridgehead atoms. The minimum absolute atomic E-state index is 0.0303. The number of benzene rings is 1. The zero-order valence-electron chi connectivity index (χ0n) is 14.0. The molecule has 0 unspecified atom stereocenters. The van der Waals surface area contributed by atoms with Crippen molar-refractivity contribution in [2.24, 2.45) is 5.92 Å². The third-order valence-electron chi connectivity index (χ3n) is 3.29. The number of hydrogen-bond acceptors (Lipinski definition) is 7. The summed E-state index contributed by atoms with van der Waals surface area (Å²) in [5, 5.41) is 23.5. The summed E-state index contributed by atoms with van der Waals surface area (Å²) in [6.07, 6.45) is 1.34. The van der Waals surface area contributed by atoms with Gasteiger partial charge in [-0.15, -0.1) is 0 Å². The number of ether oxygens (including phenoxy) is 1. The van der Waals surface area contributed by atoms with Crippen molar-refractivity contribution < 1.29 is 19.6 Å². The molecule has 0 spiro atoms. The topological polar surface area (TPSA) is 95.7 Å². The average Bonchev–Trinajstić information content (AvgIpc) is 2.78. The number of non-ortho nitro benzene ring substituents is 1. The normalized spacial score (nSPS) is 16.2. The lowest BCUT2D eigenvalue weighted by Crippen LogP contribution is -2.31. The Morgan fingerprint density at radius 2 is 2.12 bits per heavy atom. The molecule has 0 radical (unpaired) electrons. The zero-order chi connectivity index (χ0) is 18.7. The van der Waals surface area contributed by atoms with E-state index in [2.05, 4.69) is 0 Å². The van der Waals surface area contributed by atoms with E-state index in [1.165, 1.54) is 11.0 Å². The first kappa shape index (κ1) is 19.2. The number of rotatable bonds is 6. The molecule has 0 atom stereocenters. The van der Waals surface area contributed by atoms with Gasteiger partial charge in [0.2, 0.25) is 0 Å². The predicted octanol–water partition coefficient (Wildman–Crippen LogP) is 2.92. The van der Waals surface area contributed by atoms with Crippen LogP contribution in [0.25, 0.3) is 6.08 Å². The van der Waals surface area contributed by atoms with Gasteiger partial charge in [-0.2, -0.15) is 0 Å². The summed E-state index contributed by atoms with van der Waals surface area (Å²) in [6.45, 7) is 6.28. The highest BCUT2D eigenvalue weighted by Crippen LogP contribution is 2.38. The van der Waals surface area contributed by atoms with Gasteiger partial charge in [0.05, 0.1) is 22.5 Å². The molecular formula is C16H17N2O5S2-. The van der Waals surface area contributed by atoms with E-state index < -0.39 is 10.7 Å². The lowest BCUT2D eigenvalue weighted by Gasteiger charge is -2.17. The van der Waals surface area contributed by atoms with Crippen molar-refractivity contribution >= 4 is 46.0 Å². The number of carbonyl (C=O) groups is 1. The van der Waals surface area contributed by atoms with Gasteiger partial charge in [-0.25, -0.2) is 0 Å². The van der Waals surface area contributed by atoms with E-state index in [-0.39, 0.29) is 40.3 Å². The van der Waals surface area contributed by atoms with Gasteiger partial charge < -0.3 is 9.84 Å². The minimum atomic E-state index is -0.608. The Kier molecular flexibility index (Phi) is 6.02. The Labute approximate surface area is 154 Å². The average molecular weight is 381 g/mol. The van der Waals surface area contributed by atoms with Crippen LogP contribution in [0.2, 0.25) is 0 Å². The molecule has 0 saturated carbocycles. The molecule has 1 aromatic rings. The van der Waals surface area contributed by atoms with E-state index in [4.69, 9.17) is 17.0 Å². The SMILES string of the molecule is CCOc1cc([N+](=O)[O-])cc(/C=C2/SC(=S)N(CC(C)C)C2=O)c1[O-]. The Bertz CT molecular complexity index is 761. The molecule has 1 aromatic carbocycles. The van der Waals surface area contributed by atoms with Gasteiger partial charge in [-0.1, -0.05) is 43.6 Å². The maximum Gasteiger partial charge on any atom is 0.273 e. The second-order valence-corrected chi connectivity index (χ2v) is 7.41. The molecular weight excluding hydrogens is 364 g/mol. The number of thiocarbonyl (C=S) groups is 1. The number of nitro groups is 1. The van der Waals surface area contributed by atoms with Crippen LogP contribution in [0.1, 0.15) is 26.3 Å². The fourth-order valence-corrected chi connectivity index (χ4v) is 3.51. The van der Waals surface area contributed by atoms with Crippen molar-refractivity contribution in [3.05, 3.63) is 32.7 Å². The third kappa shape index (κ3) is 4.29. The summed E-state index contributed by atoms with van der Waals surface area (Å²) in [5.41, 5.74) is -0.241. The van der Waals surface area contributed by atoms with Gasteiger partial charge in [0.1, 0.15) is 10.1 Å². The van der Waals surface area contributed by atoms with Crippen LogP contribution in [0.4, 0.5) is 5.69 Å². The van der Waals surface area contributed by atoms with Crippen LogP contribution in [0.15, 0.2) is 17.0 Å². The quantitative estimate of drug-likeness (QED) is 0.323. The van der Waals surface area contributed by atoms with E-state index in [1.54, 1.807) is 6.92 Å². The molecule has 0 N–H and O–H groups in total. The molecule has 1 heterocycles. The van der Waals surface area contributed by atoms with Gasteiger partial charge >= 0.3 is 0 Å². The van der Waals surface area contributed by atoms with Crippen LogP contribution in [0, 0.1) is 16.0 Å². The summed E-state index contributed by atoms with van der Waals surface area (Å²) >= 11 is 6.29. The maximum absolute atomic E-state index is 12.5. The van der Waals surface area contributed by atoms with E-state index in [0.717, 1.165) is 23.9 Å². The molecule has 1 fully saturated rings. The van der Waals surface area contributed by atoms with Gasteiger partial charge in [-0.05, 0) is 24.5 Å². The molecule has 1 aliphatic rings. The first-order valence-electron chi connectivity index (χ1n) is 7.62. The molecule has 9 heteroatoms. The summed E-state index contributed by atoms with van der Waals surface area (Å²) in [7, 11) is 0. The molecule has 1 amide bonds. The van der Waals surface area contributed by atoms with Crippen LogP contribution in [-0.2, 0) is 4.79 Å². The molecule has 7 nitrogen and oxygen atoms in total. The predicted molar refractivity (Wildman–Crippen MR) is 98.4 cm³/mol. The van der Waals surface area contributed by atoms with Crippen molar-refractivity contribution in [1.82, 2.24) is 4.90 Å². The van der Waals surface area contributed by atoms with Gasteiger partial charge in [0.25, 0.3) is 11.6 Å². The first-order chi connectivity index (χ1) is 11.7. The molecule has 25 heavy (non-hydrogen) atoms. The Morgan fingerprint density at radius 1 is 1.44 bits per heavy atom. The molecule has 1 aliphatic heterocycles. The highest BCUT2D eigenvalue weighted by Gasteiger charge is 2.32. The molecule has 1 saturated heterocycles. The van der Waals surface area contributed by atoms with E-state index in [0.29, 0.717) is 10.9 Å². The number of nitro benzene ring substituents is 1. The highest BCUT2D eigenvalue weighted by atomic mass is 32.2. The standard InChI is InChI=1S/C16H18N2O5S2/c1-4-23-12-7-11(18(21)22)5-10(14(12)19)6-13-15(20)17(8-9(2)3)16(24)25-13/h5-7,9,19H,4,8H2,1-3H3/p-1/b13-6+. The summed E-state index contributed by atoms with van der Waals surface area (Å²) in [5.74, 6) is -0.672. The molecule has 134 valence electrons. The van der Waals surface area contributed by atoms with E-state index >= 15 is 0 Å². The van der Waals surface area contributed by atoms with Gasteiger partial charge in [-0.3, -0.25) is 19.8 Å². The van der Waals surface area contributed by atoms with E-state index in [1.807, 2.05) is 13.8 Å². The maximum atomic E-state index is 12.5. The van der Waals surface area contributed by atoms with Crippen molar-refractivity contribution in [2.45, 2.75) is 20.8 Å².